The van der Waals surface area contributed by atoms with Crippen LogP contribution in [0.15, 0.2) is 36.5 Å². The minimum absolute atomic E-state index is 0.165. The van der Waals surface area contributed by atoms with E-state index in [-0.39, 0.29) is 5.97 Å². The molecule has 1 N–H and O–H groups in total. The normalized spacial score (nSPS) is 14.5. The van der Waals surface area contributed by atoms with Crippen molar-refractivity contribution >= 4 is 5.97 Å². The van der Waals surface area contributed by atoms with Crippen molar-refractivity contribution < 1.29 is 14.6 Å². The molecule has 1 unspecified atom stereocenters. The minimum atomic E-state index is -0.978. The summed E-state index contributed by atoms with van der Waals surface area (Å²) >= 11 is 0. The topological polar surface area (TPSA) is 49.8 Å². The fraction of sp³-hybridized carbons (Fsp3) is 0.816. The number of hydrogen-bond donors (Lipinski definition) is 1. The fourth-order valence-electron chi connectivity index (χ4n) is 5.36. The van der Waals surface area contributed by atoms with Gasteiger partial charge in [0, 0.05) is 6.42 Å². The fourth-order valence-corrected chi connectivity index (χ4v) is 5.36. The molecule has 0 aromatic carbocycles. The van der Waals surface area contributed by atoms with Crippen molar-refractivity contribution in [1.82, 2.24) is 4.90 Å². The molecule has 0 heterocycles. The summed E-state index contributed by atoms with van der Waals surface area (Å²) in [5, 5.41) is 12.1. The number of rotatable bonds is 30. The van der Waals surface area contributed by atoms with Crippen LogP contribution in [0.25, 0.3) is 0 Å². The van der Waals surface area contributed by atoms with E-state index in [0.29, 0.717) is 19.3 Å². The highest BCUT2D eigenvalue weighted by Gasteiger charge is 2.38. The molecule has 4 heteroatoms. The van der Waals surface area contributed by atoms with Crippen molar-refractivity contribution in [3.05, 3.63) is 36.5 Å². The van der Waals surface area contributed by atoms with E-state index in [4.69, 9.17) is 4.74 Å². The second-order valence-corrected chi connectivity index (χ2v) is 12.6. The maximum Gasteiger partial charge on any atom is 0.306 e. The summed E-state index contributed by atoms with van der Waals surface area (Å²) in [6.07, 6.45) is 37.0. The van der Waals surface area contributed by atoms with E-state index in [1.54, 1.807) is 0 Å². The van der Waals surface area contributed by atoms with Crippen molar-refractivity contribution in [2.45, 2.75) is 180 Å². The zero-order valence-corrected chi connectivity index (χ0v) is 28.7. The summed E-state index contributed by atoms with van der Waals surface area (Å²) in [5.41, 5.74) is -0.978. The zero-order chi connectivity index (χ0) is 31.2. The van der Waals surface area contributed by atoms with Gasteiger partial charge in [-0.1, -0.05) is 95.8 Å². The van der Waals surface area contributed by atoms with E-state index in [9.17, 15) is 9.90 Å². The van der Waals surface area contributed by atoms with E-state index < -0.39 is 11.7 Å². The van der Waals surface area contributed by atoms with Gasteiger partial charge >= 0.3 is 5.97 Å². The predicted octanol–water partition coefficient (Wildman–Crippen LogP) is 10.9. The third kappa shape index (κ3) is 25.1. The zero-order valence-electron chi connectivity index (χ0n) is 28.7. The lowest BCUT2D eigenvalue weighted by Gasteiger charge is -2.36. The monoisotopic (exact) mass is 590 g/mol. The van der Waals surface area contributed by atoms with Crippen molar-refractivity contribution in [3.63, 3.8) is 0 Å². The Kier molecular flexibility index (Phi) is 28.7. The van der Waals surface area contributed by atoms with Crippen molar-refractivity contribution in [1.29, 1.82) is 0 Å². The molecule has 0 bridgehead atoms. The maximum atomic E-state index is 12.9. The van der Waals surface area contributed by atoms with Crippen molar-refractivity contribution in [2.75, 3.05) is 20.6 Å². The highest BCUT2D eigenvalue weighted by molar-refractivity contribution is 5.69. The van der Waals surface area contributed by atoms with Gasteiger partial charge in [0.15, 0.2) is 0 Å². The quantitative estimate of drug-likeness (QED) is 0.0514. The van der Waals surface area contributed by atoms with Gasteiger partial charge in [-0.05, 0) is 123 Å². The number of carbonyl (C=O) groups excluding carboxylic acids is 1. The van der Waals surface area contributed by atoms with Crippen LogP contribution in [0.4, 0.5) is 0 Å². The Balaban J connectivity index is 5.34. The van der Waals surface area contributed by atoms with E-state index in [0.717, 1.165) is 77.2 Å². The molecule has 0 spiro atoms. The number of hydrogen-bond acceptors (Lipinski definition) is 4. The number of ether oxygens (including phenoxy) is 1. The lowest BCUT2D eigenvalue weighted by Crippen LogP contribution is -2.45. The molecule has 246 valence electrons. The molecule has 0 amide bonds. The Bertz CT molecular complexity index is 656. The molecule has 1 atom stereocenters. The second-order valence-electron chi connectivity index (χ2n) is 12.6. The van der Waals surface area contributed by atoms with E-state index in [1.807, 2.05) is 14.1 Å². The van der Waals surface area contributed by atoms with Gasteiger partial charge < -0.3 is 14.7 Å². The third-order valence-corrected chi connectivity index (χ3v) is 8.08. The molecular formula is C38H71NO3. The van der Waals surface area contributed by atoms with Gasteiger partial charge in [0.1, 0.15) is 11.7 Å². The molecule has 0 saturated carbocycles. The molecule has 0 aromatic heterocycles. The minimum Gasteiger partial charge on any atom is -0.459 e. The SMILES string of the molecule is CCCCCC=CCCCC(OC(=O)CCCN(C)C)C(O)(CCCC=CCCCCC)CCCC=CCCCCC. The van der Waals surface area contributed by atoms with Crippen LogP contribution in [0.1, 0.15) is 168 Å². The number of allylic oxidation sites excluding steroid dienone is 6. The van der Waals surface area contributed by atoms with Gasteiger partial charge in [-0.3, -0.25) is 4.79 Å². The number of carbonyl (C=O) groups is 1. The number of nitrogens with zero attached hydrogens (tertiary/aromatic N) is 1. The highest BCUT2D eigenvalue weighted by Crippen LogP contribution is 2.31. The van der Waals surface area contributed by atoms with E-state index >= 15 is 0 Å². The van der Waals surface area contributed by atoms with Gasteiger partial charge in [-0.25, -0.2) is 0 Å². The lowest BCUT2D eigenvalue weighted by atomic mass is 9.83. The predicted molar refractivity (Wildman–Crippen MR) is 184 cm³/mol. The number of unbranched alkanes of at least 4 members (excludes halogenated alkanes) is 12. The molecule has 0 aromatic rings. The largest absolute Gasteiger partial charge is 0.459 e. The van der Waals surface area contributed by atoms with E-state index in [1.165, 1.54) is 57.8 Å². The van der Waals surface area contributed by atoms with Crippen LogP contribution in [0, 0.1) is 0 Å². The highest BCUT2D eigenvalue weighted by atomic mass is 16.6. The summed E-state index contributed by atoms with van der Waals surface area (Å²) in [6.45, 7) is 7.58. The second kappa shape index (κ2) is 29.7. The van der Waals surface area contributed by atoms with Gasteiger partial charge in [0.25, 0.3) is 0 Å². The van der Waals surface area contributed by atoms with Crippen molar-refractivity contribution in [2.24, 2.45) is 0 Å². The first-order chi connectivity index (χ1) is 20.4. The Labute approximate surface area is 262 Å². The van der Waals surface area contributed by atoms with E-state index in [2.05, 4.69) is 62.1 Å². The van der Waals surface area contributed by atoms with Gasteiger partial charge in [-0.2, -0.15) is 0 Å². The van der Waals surface area contributed by atoms with Crippen LogP contribution in [0.2, 0.25) is 0 Å². The summed E-state index contributed by atoms with van der Waals surface area (Å²) in [5.74, 6) is -0.165. The summed E-state index contributed by atoms with van der Waals surface area (Å²) in [4.78, 5) is 15.0. The Hall–Kier alpha value is -1.39. The molecule has 0 aliphatic heterocycles. The Morgan fingerprint density at radius 2 is 1.05 bits per heavy atom. The number of aliphatic hydroxyl groups is 1. The first-order valence-corrected chi connectivity index (χ1v) is 17.9. The van der Waals surface area contributed by atoms with Crippen LogP contribution >= 0.6 is 0 Å². The van der Waals surface area contributed by atoms with Gasteiger partial charge in [0.2, 0.25) is 0 Å². The molecule has 0 aliphatic carbocycles. The third-order valence-electron chi connectivity index (χ3n) is 8.08. The first-order valence-electron chi connectivity index (χ1n) is 17.9. The Morgan fingerprint density at radius 3 is 1.45 bits per heavy atom. The standard InChI is InChI=1S/C38H71NO3/c1-6-9-12-15-18-21-24-27-31-36(42-37(40)32-30-35-39(4)5)38(41,33-28-25-22-19-16-13-10-7-2)34-29-26-23-20-17-14-11-8-3/h18-23,36,41H,6-17,24-35H2,1-5H3. The molecule has 0 fully saturated rings. The Morgan fingerprint density at radius 1 is 0.643 bits per heavy atom. The van der Waals surface area contributed by atoms with Gasteiger partial charge in [-0.15, -0.1) is 0 Å². The van der Waals surface area contributed by atoms with Crippen LogP contribution in [-0.4, -0.2) is 48.3 Å². The average Bonchev–Trinajstić information content (AvgIpc) is 2.96. The molecule has 4 nitrogen and oxygen atoms in total. The lowest BCUT2D eigenvalue weighted by molar-refractivity contribution is -0.169. The number of esters is 1. The first kappa shape index (κ1) is 40.6. The maximum absolute atomic E-state index is 12.9. The molecule has 0 rings (SSSR count). The van der Waals surface area contributed by atoms with Crippen molar-refractivity contribution in [3.8, 4) is 0 Å². The van der Waals surface area contributed by atoms with Crippen LogP contribution in [-0.2, 0) is 9.53 Å². The average molecular weight is 590 g/mol. The van der Waals surface area contributed by atoms with Gasteiger partial charge in [0.05, 0.1) is 0 Å². The molecule has 0 radical (unpaired) electrons. The summed E-state index contributed by atoms with van der Waals surface area (Å²) in [7, 11) is 4.05. The van der Waals surface area contributed by atoms with Crippen LogP contribution in [0.3, 0.4) is 0 Å². The molecular weight excluding hydrogens is 518 g/mol. The molecule has 0 aliphatic rings. The molecule has 42 heavy (non-hydrogen) atoms. The van der Waals surface area contributed by atoms with Crippen LogP contribution < -0.4 is 0 Å². The smallest absolute Gasteiger partial charge is 0.306 e. The molecule has 0 saturated heterocycles. The summed E-state index contributed by atoms with van der Waals surface area (Å²) < 4.78 is 6.13. The summed E-state index contributed by atoms with van der Waals surface area (Å²) in [6, 6.07) is 0. The van der Waals surface area contributed by atoms with Crippen LogP contribution in [0.5, 0.6) is 0 Å².